The maximum absolute atomic E-state index is 5.99. The van der Waals surface area contributed by atoms with Crippen LogP contribution in [0, 0.1) is 0 Å². The largest absolute Gasteiger partial charge is 0.473 e. The molecule has 2 aromatic rings. The first-order valence-corrected chi connectivity index (χ1v) is 6.65. The summed E-state index contributed by atoms with van der Waals surface area (Å²) in [6, 6.07) is 7.73. The van der Waals surface area contributed by atoms with Crippen LogP contribution in [0.4, 0.5) is 17.2 Å². The number of aromatic nitrogens is 2. The lowest BCUT2D eigenvalue weighted by atomic mass is 10.3. The number of nitrogens with two attached hydrogens (primary N) is 1. The summed E-state index contributed by atoms with van der Waals surface area (Å²) in [7, 11) is 0. The second kappa shape index (κ2) is 5.88. The molecule has 0 amide bonds. The van der Waals surface area contributed by atoms with Gasteiger partial charge in [-0.3, -0.25) is 0 Å². The van der Waals surface area contributed by atoms with E-state index in [9.17, 15) is 0 Å². The van der Waals surface area contributed by atoms with Crippen molar-refractivity contribution in [1.29, 1.82) is 0 Å². The van der Waals surface area contributed by atoms with Crippen LogP contribution < -0.4 is 15.8 Å². The maximum Gasteiger partial charge on any atom is 0.242 e. The van der Waals surface area contributed by atoms with E-state index in [1.165, 1.54) is 6.33 Å². The Labute approximate surface area is 120 Å². The molecular weight excluding hydrogens is 308 g/mol. The summed E-state index contributed by atoms with van der Waals surface area (Å²) in [5, 5.41) is 3.14. The number of nitrogens with one attached hydrogen (secondary N) is 1. The molecule has 0 saturated carbocycles. The number of halogens is 1. The molecule has 100 valence electrons. The van der Waals surface area contributed by atoms with E-state index in [1.54, 1.807) is 0 Å². The molecule has 0 aliphatic carbocycles. The van der Waals surface area contributed by atoms with Crippen molar-refractivity contribution in [2.24, 2.45) is 0 Å². The van der Waals surface area contributed by atoms with Crippen molar-refractivity contribution in [2.45, 2.75) is 20.0 Å². The Morgan fingerprint density at radius 1 is 1.32 bits per heavy atom. The van der Waals surface area contributed by atoms with Crippen molar-refractivity contribution in [3.8, 4) is 5.88 Å². The molecule has 0 atom stereocenters. The van der Waals surface area contributed by atoms with Gasteiger partial charge in [0.2, 0.25) is 5.88 Å². The third-order valence-corrected chi connectivity index (χ3v) is 2.78. The number of hydrogen-bond donors (Lipinski definition) is 2. The van der Waals surface area contributed by atoms with Gasteiger partial charge in [-0.2, -0.15) is 4.98 Å². The van der Waals surface area contributed by atoms with Gasteiger partial charge in [0.05, 0.1) is 6.10 Å². The van der Waals surface area contributed by atoms with E-state index in [4.69, 9.17) is 10.5 Å². The fourth-order valence-corrected chi connectivity index (χ4v) is 1.90. The molecule has 1 aromatic carbocycles. The maximum atomic E-state index is 5.99. The first-order chi connectivity index (χ1) is 9.06. The van der Waals surface area contributed by atoms with E-state index in [-0.39, 0.29) is 6.10 Å². The van der Waals surface area contributed by atoms with E-state index >= 15 is 0 Å². The normalized spacial score (nSPS) is 10.5. The van der Waals surface area contributed by atoms with Gasteiger partial charge >= 0.3 is 0 Å². The third kappa shape index (κ3) is 3.57. The van der Waals surface area contributed by atoms with Crippen molar-refractivity contribution in [2.75, 3.05) is 11.1 Å². The van der Waals surface area contributed by atoms with Gasteiger partial charge in [0.15, 0.2) is 5.82 Å². The molecule has 0 unspecified atom stereocenters. The van der Waals surface area contributed by atoms with Gasteiger partial charge in [-0.05, 0) is 32.0 Å². The van der Waals surface area contributed by atoms with Crippen molar-refractivity contribution in [1.82, 2.24) is 9.97 Å². The van der Waals surface area contributed by atoms with Crippen molar-refractivity contribution < 1.29 is 4.74 Å². The molecule has 19 heavy (non-hydrogen) atoms. The quantitative estimate of drug-likeness (QED) is 0.903. The predicted octanol–water partition coefficient (Wildman–Crippen LogP) is 3.35. The van der Waals surface area contributed by atoms with Gasteiger partial charge in [-0.1, -0.05) is 22.0 Å². The van der Waals surface area contributed by atoms with E-state index in [0.717, 1.165) is 10.2 Å². The van der Waals surface area contributed by atoms with Gasteiger partial charge in [-0.15, -0.1) is 0 Å². The van der Waals surface area contributed by atoms with E-state index in [2.05, 4.69) is 31.2 Å². The molecule has 6 heteroatoms. The van der Waals surface area contributed by atoms with Crippen LogP contribution in [0.1, 0.15) is 13.8 Å². The Morgan fingerprint density at radius 3 is 2.79 bits per heavy atom. The lowest BCUT2D eigenvalue weighted by molar-refractivity contribution is 0.234. The van der Waals surface area contributed by atoms with Gasteiger partial charge in [0.1, 0.15) is 12.0 Å². The number of nitrogen functional groups attached to an aromatic ring is 1. The summed E-state index contributed by atoms with van der Waals surface area (Å²) in [5.74, 6) is 0.922. The highest BCUT2D eigenvalue weighted by Gasteiger charge is 2.10. The summed E-state index contributed by atoms with van der Waals surface area (Å²) in [6.45, 7) is 3.84. The molecule has 0 spiro atoms. The van der Waals surface area contributed by atoms with Crippen molar-refractivity contribution >= 4 is 33.1 Å². The Bertz CT molecular complexity index is 574. The van der Waals surface area contributed by atoms with E-state index in [1.807, 2.05) is 38.1 Å². The molecule has 3 N–H and O–H groups in total. The highest BCUT2D eigenvalue weighted by Crippen LogP contribution is 2.28. The van der Waals surface area contributed by atoms with Crippen LogP contribution in [0.2, 0.25) is 0 Å². The number of nitrogens with zero attached hydrogens (tertiary/aromatic N) is 2. The number of anilines is 3. The summed E-state index contributed by atoms with van der Waals surface area (Å²) >= 11 is 3.41. The van der Waals surface area contributed by atoms with Crippen molar-refractivity contribution in [3.05, 3.63) is 35.1 Å². The molecule has 0 radical (unpaired) electrons. The summed E-state index contributed by atoms with van der Waals surface area (Å²) in [4.78, 5) is 8.16. The molecule has 0 bridgehead atoms. The zero-order chi connectivity index (χ0) is 13.8. The minimum atomic E-state index is 0.0101. The van der Waals surface area contributed by atoms with Crippen LogP contribution in [0.3, 0.4) is 0 Å². The fraction of sp³-hybridized carbons (Fsp3) is 0.231. The monoisotopic (exact) mass is 322 g/mol. The molecule has 1 aromatic heterocycles. The molecule has 0 saturated heterocycles. The Balaban J connectivity index is 2.25. The summed E-state index contributed by atoms with van der Waals surface area (Å²) in [5.41, 5.74) is 7.28. The average molecular weight is 323 g/mol. The Kier molecular flexibility index (Phi) is 4.21. The standard InChI is InChI=1S/C13H15BrN4O/c1-8(2)19-13-11(15)12(16-7-17-13)18-10-5-3-4-9(14)6-10/h3-8H,15H2,1-2H3,(H,16,17,18). The second-order valence-electron chi connectivity index (χ2n) is 4.24. The van der Waals surface area contributed by atoms with Crippen LogP contribution in [0.15, 0.2) is 35.1 Å². The second-order valence-corrected chi connectivity index (χ2v) is 5.16. The van der Waals surface area contributed by atoms with Crippen LogP contribution >= 0.6 is 15.9 Å². The van der Waals surface area contributed by atoms with Crippen LogP contribution in [0.5, 0.6) is 5.88 Å². The number of hydrogen-bond acceptors (Lipinski definition) is 5. The van der Waals surface area contributed by atoms with Crippen molar-refractivity contribution in [3.63, 3.8) is 0 Å². The molecule has 2 rings (SSSR count). The molecule has 0 aliphatic heterocycles. The number of ether oxygens (including phenoxy) is 1. The molecule has 5 nitrogen and oxygen atoms in total. The minimum absolute atomic E-state index is 0.0101. The highest BCUT2D eigenvalue weighted by atomic mass is 79.9. The summed E-state index contributed by atoms with van der Waals surface area (Å²) in [6.07, 6.45) is 1.44. The van der Waals surface area contributed by atoms with E-state index < -0.39 is 0 Å². The molecule has 0 fully saturated rings. The molecule has 1 heterocycles. The number of rotatable bonds is 4. The lowest BCUT2D eigenvalue weighted by Crippen LogP contribution is -2.10. The van der Waals surface area contributed by atoms with Crippen LogP contribution in [0.25, 0.3) is 0 Å². The lowest BCUT2D eigenvalue weighted by Gasteiger charge is -2.13. The fourth-order valence-electron chi connectivity index (χ4n) is 1.50. The zero-order valence-electron chi connectivity index (χ0n) is 10.7. The number of benzene rings is 1. The van der Waals surface area contributed by atoms with Crippen LogP contribution in [-0.4, -0.2) is 16.1 Å². The highest BCUT2D eigenvalue weighted by molar-refractivity contribution is 9.10. The van der Waals surface area contributed by atoms with E-state index in [0.29, 0.717) is 17.4 Å². The Hall–Kier alpha value is -1.82. The average Bonchev–Trinajstić information content (AvgIpc) is 2.34. The first-order valence-electron chi connectivity index (χ1n) is 5.86. The topological polar surface area (TPSA) is 73.1 Å². The zero-order valence-corrected chi connectivity index (χ0v) is 12.3. The minimum Gasteiger partial charge on any atom is -0.473 e. The Morgan fingerprint density at radius 2 is 2.11 bits per heavy atom. The SMILES string of the molecule is CC(C)Oc1ncnc(Nc2cccc(Br)c2)c1N. The summed E-state index contributed by atoms with van der Waals surface area (Å²) < 4.78 is 6.50. The smallest absolute Gasteiger partial charge is 0.242 e. The first kappa shape index (κ1) is 13.6. The molecular formula is C13H15BrN4O. The molecule has 0 aliphatic rings. The van der Waals surface area contributed by atoms with Crippen LogP contribution in [-0.2, 0) is 0 Å². The predicted molar refractivity (Wildman–Crippen MR) is 79.6 cm³/mol. The van der Waals surface area contributed by atoms with Gasteiger partial charge in [0.25, 0.3) is 0 Å². The van der Waals surface area contributed by atoms with Gasteiger partial charge in [0, 0.05) is 10.2 Å². The van der Waals surface area contributed by atoms with Gasteiger partial charge in [-0.25, -0.2) is 4.98 Å². The third-order valence-electron chi connectivity index (χ3n) is 2.28. The van der Waals surface area contributed by atoms with Gasteiger partial charge < -0.3 is 15.8 Å².